The smallest absolute Gasteiger partial charge is 0.378 e. The number of nitrogens with one attached hydrogen (secondary N) is 1. The molecule has 1 N–H and O–H groups in total. The molecule has 2 amide bonds. The molecular formula is C16H19F3N2O3S. The van der Waals surface area contributed by atoms with Crippen LogP contribution in [0.2, 0.25) is 0 Å². The van der Waals surface area contributed by atoms with Gasteiger partial charge in [-0.25, -0.2) is 0 Å². The Morgan fingerprint density at radius 2 is 1.92 bits per heavy atom. The second-order valence-corrected chi connectivity index (χ2v) is 6.66. The molecule has 25 heavy (non-hydrogen) atoms. The molecule has 0 bridgehead atoms. The molecule has 0 unspecified atom stereocenters. The minimum absolute atomic E-state index is 0.0341. The van der Waals surface area contributed by atoms with Crippen molar-refractivity contribution in [2.24, 2.45) is 0 Å². The van der Waals surface area contributed by atoms with E-state index in [2.05, 4.69) is 5.32 Å². The van der Waals surface area contributed by atoms with Crippen LogP contribution in [0.1, 0.15) is 22.8 Å². The van der Waals surface area contributed by atoms with Crippen molar-refractivity contribution in [2.75, 3.05) is 43.1 Å². The summed E-state index contributed by atoms with van der Waals surface area (Å²) < 4.78 is 44.5. The van der Waals surface area contributed by atoms with Gasteiger partial charge in [0.1, 0.15) is 0 Å². The molecule has 0 radical (unpaired) electrons. The lowest BCUT2D eigenvalue weighted by molar-refractivity contribution is -0.137. The highest BCUT2D eigenvalue weighted by atomic mass is 32.2. The number of ether oxygens (including phenoxy) is 1. The first-order valence-corrected chi connectivity index (χ1v) is 8.93. The molecule has 0 saturated carbocycles. The number of carbonyl (C=O) groups excluding carboxylic acids is 2. The normalized spacial score (nSPS) is 15.1. The highest BCUT2D eigenvalue weighted by Crippen LogP contribution is 2.32. The van der Waals surface area contributed by atoms with Gasteiger partial charge in [-0.1, -0.05) is 6.92 Å². The first-order chi connectivity index (χ1) is 11.8. The lowest BCUT2D eigenvalue weighted by Crippen LogP contribution is -2.40. The van der Waals surface area contributed by atoms with Crippen LogP contribution in [-0.2, 0) is 15.7 Å². The van der Waals surface area contributed by atoms with Gasteiger partial charge in [-0.3, -0.25) is 9.59 Å². The average molecular weight is 376 g/mol. The summed E-state index contributed by atoms with van der Waals surface area (Å²) in [5, 5.41) is 2.43. The van der Waals surface area contributed by atoms with Gasteiger partial charge in [0.05, 0.1) is 24.5 Å². The molecule has 1 aliphatic rings. The van der Waals surface area contributed by atoms with Crippen LogP contribution in [-0.4, -0.2) is 54.5 Å². The number of nitrogens with zero attached hydrogens (tertiary/aromatic N) is 1. The number of amides is 2. The summed E-state index contributed by atoms with van der Waals surface area (Å²) in [5.74, 6) is -0.0558. The second-order valence-electron chi connectivity index (χ2n) is 5.39. The van der Waals surface area contributed by atoms with Crippen molar-refractivity contribution in [3.8, 4) is 0 Å². The van der Waals surface area contributed by atoms with Gasteiger partial charge in [0, 0.05) is 24.3 Å². The number of rotatable bonds is 5. The van der Waals surface area contributed by atoms with Crippen LogP contribution in [0.3, 0.4) is 0 Å². The summed E-state index contributed by atoms with van der Waals surface area (Å²) >= 11 is 1.36. The molecule has 138 valence electrons. The number of morpholine rings is 1. The number of anilines is 1. The summed E-state index contributed by atoms with van der Waals surface area (Å²) in [6, 6.07) is 2.93. The maximum Gasteiger partial charge on any atom is 0.416 e. The molecule has 1 aromatic carbocycles. The highest BCUT2D eigenvalue weighted by Gasteiger charge is 2.32. The fraction of sp³-hybridized carbons (Fsp3) is 0.500. The minimum Gasteiger partial charge on any atom is -0.378 e. The van der Waals surface area contributed by atoms with E-state index < -0.39 is 23.6 Å². The number of hydrogen-bond donors (Lipinski definition) is 1. The Morgan fingerprint density at radius 1 is 1.24 bits per heavy atom. The summed E-state index contributed by atoms with van der Waals surface area (Å²) in [6.45, 7) is 3.22. The zero-order valence-electron chi connectivity index (χ0n) is 13.7. The van der Waals surface area contributed by atoms with Crippen LogP contribution in [0.4, 0.5) is 18.9 Å². The fourth-order valence-corrected chi connectivity index (χ4v) is 2.79. The van der Waals surface area contributed by atoms with Crippen molar-refractivity contribution in [3.05, 3.63) is 29.3 Å². The summed E-state index contributed by atoms with van der Waals surface area (Å²) in [6.07, 6.45) is -4.61. The van der Waals surface area contributed by atoms with Gasteiger partial charge in [0.2, 0.25) is 5.91 Å². The molecule has 1 heterocycles. The van der Waals surface area contributed by atoms with Crippen LogP contribution in [0.5, 0.6) is 0 Å². The van der Waals surface area contributed by atoms with E-state index in [0.29, 0.717) is 26.3 Å². The summed E-state index contributed by atoms with van der Waals surface area (Å²) in [7, 11) is 0. The highest BCUT2D eigenvalue weighted by molar-refractivity contribution is 7.99. The third-order valence-corrected chi connectivity index (χ3v) is 4.40. The SMILES string of the molecule is CCSCC(=O)Nc1cc(C(=O)N2CCOCC2)cc(C(F)(F)F)c1. The molecule has 0 atom stereocenters. The number of hydrogen-bond acceptors (Lipinski definition) is 4. The molecule has 2 rings (SSSR count). The number of benzene rings is 1. The molecule has 5 nitrogen and oxygen atoms in total. The van der Waals surface area contributed by atoms with E-state index in [1.807, 2.05) is 6.92 Å². The quantitative estimate of drug-likeness (QED) is 0.859. The van der Waals surface area contributed by atoms with E-state index in [-0.39, 0.29) is 17.0 Å². The zero-order chi connectivity index (χ0) is 18.4. The van der Waals surface area contributed by atoms with Gasteiger partial charge in [-0.05, 0) is 24.0 Å². The second kappa shape index (κ2) is 8.57. The molecule has 1 fully saturated rings. The Kier molecular flexibility index (Phi) is 6.71. The zero-order valence-corrected chi connectivity index (χ0v) is 14.5. The molecule has 9 heteroatoms. The number of thioether (sulfide) groups is 1. The lowest BCUT2D eigenvalue weighted by Gasteiger charge is -2.27. The van der Waals surface area contributed by atoms with E-state index in [4.69, 9.17) is 4.74 Å². The van der Waals surface area contributed by atoms with Crippen molar-refractivity contribution in [1.82, 2.24) is 4.90 Å². The van der Waals surface area contributed by atoms with Gasteiger partial charge in [-0.15, -0.1) is 0 Å². The third kappa shape index (κ3) is 5.64. The van der Waals surface area contributed by atoms with Gasteiger partial charge in [-0.2, -0.15) is 24.9 Å². The third-order valence-electron chi connectivity index (χ3n) is 3.53. The van der Waals surface area contributed by atoms with Crippen molar-refractivity contribution in [3.63, 3.8) is 0 Å². The van der Waals surface area contributed by atoms with Gasteiger partial charge in [0.25, 0.3) is 5.91 Å². The maximum absolute atomic E-state index is 13.1. The lowest BCUT2D eigenvalue weighted by atomic mass is 10.1. The predicted molar refractivity (Wildman–Crippen MR) is 89.8 cm³/mol. The van der Waals surface area contributed by atoms with E-state index in [1.54, 1.807) is 0 Å². The van der Waals surface area contributed by atoms with Gasteiger partial charge in [0.15, 0.2) is 0 Å². The Labute approximate surface area is 147 Å². The first-order valence-electron chi connectivity index (χ1n) is 7.78. The van der Waals surface area contributed by atoms with Crippen LogP contribution >= 0.6 is 11.8 Å². The van der Waals surface area contributed by atoms with Crippen LogP contribution < -0.4 is 5.32 Å². The predicted octanol–water partition coefficient (Wildman–Crippen LogP) is 2.87. The van der Waals surface area contributed by atoms with Gasteiger partial charge < -0.3 is 15.0 Å². The van der Waals surface area contributed by atoms with E-state index >= 15 is 0 Å². The first kappa shape index (κ1) is 19.6. The van der Waals surface area contributed by atoms with Crippen molar-refractivity contribution in [2.45, 2.75) is 13.1 Å². The molecule has 0 spiro atoms. The van der Waals surface area contributed by atoms with Crippen molar-refractivity contribution in [1.29, 1.82) is 0 Å². The monoisotopic (exact) mass is 376 g/mol. The van der Waals surface area contributed by atoms with Crippen LogP contribution in [0, 0.1) is 0 Å². The van der Waals surface area contributed by atoms with E-state index in [1.165, 1.54) is 22.7 Å². The fourth-order valence-electron chi connectivity index (χ4n) is 2.33. The molecule has 0 aromatic heterocycles. The number of carbonyl (C=O) groups is 2. The Morgan fingerprint density at radius 3 is 2.52 bits per heavy atom. The Bertz CT molecular complexity index is 632. The number of halogens is 3. The minimum atomic E-state index is -4.61. The average Bonchev–Trinajstić information content (AvgIpc) is 2.59. The molecule has 1 saturated heterocycles. The van der Waals surface area contributed by atoms with Gasteiger partial charge >= 0.3 is 6.18 Å². The largest absolute Gasteiger partial charge is 0.416 e. The van der Waals surface area contributed by atoms with E-state index in [0.717, 1.165) is 17.9 Å². The van der Waals surface area contributed by atoms with Crippen molar-refractivity contribution < 1.29 is 27.5 Å². The summed E-state index contributed by atoms with van der Waals surface area (Å²) in [5.41, 5.74) is -1.10. The summed E-state index contributed by atoms with van der Waals surface area (Å²) in [4.78, 5) is 25.7. The van der Waals surface area contributed by atoms with E-state index in [9.17, 15) is 22.8 Å². The number of alkyl halides is 3. The van der Waals surface area contributed by atoms with Crippen LogP contribution in [0.15, 0.2) is 18.2 Å². The standard InChI is InChI=1S/C16H19F3N2O3S/c1-2-25-10-14(22)20-13-8-11(7-12(9-13)16(17,18)19)15(23)21-3-5-24-6-4-21/h7-9H,2-6,10H2,1H3,(H,20,22). The Balaban J connectivity index is 2.27. The Hall–Kier alpha value is -1.74. The van der Waals surface area contributed by atoms with Crippen LogP contribution in [0.25, 0.3) is 0 Å². The maximum atomic E-state index is 13.1. The van der Waals surface area contributed by atoms with Crippen molar-refractivity contribution >= 4 is 29.3 Å². The molecular weight excluding hydrogens is 357 g/mol. The molecule has 0 aliphatic carbocycles. The molecule has 1 aliphatic heterocycles. The topological polar surface area (TPSA) is 58.6 Å². The molecule has 1 aromatic rings.